The van der Waals surface area contributed by atoms with E-state index < -0.39 is 33.2 Å². The maximum atomic E-state index is 12.4. The van der Waals surface area contributed by atoms with Crippen LogP contribution < -0.4 is 31.0 Å². The SMILES string of the molecule is Cc1c(NCc2ccc(Oc3ccc(OCCCC(=O)[C@](N)(CCC(N)=O)C(=O)O)cc3)cc2)ccc(Cc2ccccc2)c1NS(C)(=O)=O. The Kier molecular flexibility index (Phi) is 12.6. The topological polar surface area (TPSA) is 200 Å². The predicted molar refractivity (Wildman–Crippen MR) is 192 cm³/mol. The number of ketones is 1. The summed E-state index contributed by atoms with van der Waals surface area (Å²) in [5.74, 6) is -1.18. The van der Waals surface area contributed by atoms with Crippen molar-refractivity contribution in [3.05, 3.63) is 113 Å². The van der Waals surface area contributed by atoms with Crippen molar-refractivity contribution in [2.45, 2.75) is 51.1 Å². The molecule has 4 aromatic carbocycles. The Labute approximate surface area is 291 Å². The number of carboxylic acids is 1. The number of amides is 1. The minimum atomic E-state index is -3.49. The molecule has 0 saturated carbocycles. The van der Waals surface area contributed by atoms with Crippen molar-refractivity contribution in [2.75, 3.05) is 22.9 Å². The van der Waals surface area contributed by atoms with Gasteiger partial charge < -0.3 is 31.4 Å². The first-order valence-electron chi connectivity index (χ1n) is 15.9. The van der Waals surface area contributed by atoms with Gasteiger partial charge in [0.1, 0.15) is 17.2 Å². The number of hydrogen-bond acceptors (Lipinski definition) is 9. The lowest BCUT2D eigenvalue weighted by molar-refractivity contribution is -0.148. The highest BCUT2D eigenvalue weighted by Crippen LogP contribution is 2.31. The third kappa shape index (κ3) is 10.8. The molecule has 4 rings (SSSR count). The number of nitrogens with two attached hydrogens (primary N) is 2. The van der Waals surface area contributed by atoms with Crippen molar-refractivity contribution in [2.24, 2.45) is 11.5 Å². The summed E-state index contributed by atoms with van der Waals surface area (Å²) < 4.78 is 38.7. The number of hydrogen-bond donors (Lipinski definition) is 5. The van der Waals surface area contributed by atoms with Crippen molar-refractivity contribution >= 4 is 39.1 Å². The molecule has 7 N–H and O–H groups in total. The fourth-order valence-corrected chi connectivity index (χ4v) is 5.85. The number of sulfonamides is 1. The molecule has 0 spiro atoms. The van der Waals surface area contributed by atoms with E-state index in [9.17, 15) is 27.9 Å². The first kappa shape index (κ1) is 37.4. The van der Waals surface area contributed by atoms with Gasteiger partial charge in [0, 0.05) is 25.1 Å². The van der Waals surface area contributed by atoms with Gasteiger partial charge in [-0.3, -0.25) is 14.3 Å². The maximum Gasteiger partial charge on any atom is 0.331 e. The van der Waals surface area contributed by atoms with E-state index in [1.165, 1.54) is 0 Å². The van der Waals surface area contributed by atoms with Crippen LogP contribution >= 0.6 is 0 Å². The van der Waals surface area contributed by atoms with E-state index in [0.717, 1.165) is 34.2 Å². The first-order chi connectivity index (χ1) is 23.7. The van der Waals surface area contributed by atoms with E-state index in [0.29, 0.717) is 35.9 Å². The normalized spacial score (nSPS) is 12.4. The van der Waals surface area contributed by atoms with E-state index in [4.69, 9.17) is 20.9 Å². The lowest BCUT2D eigenvalue weighted by atomic mass is 9.87. The Morgan fingerprint density at radius 2 is 1.46 bits per heavy atom. The predicted octanol–water partition coefficient (Wildman–Crippen LogP) is 5.14. The van der Waals surface area contributed by atoms with Gasteiger partial charge in [-0.25, -0.2) is 13.2 Å². The summed E-state index contributed by atoms with van der Waals surface area (Å²) in [5, 5.41) is 12.8. The molecule has 1 atom stereocenters. The van der Waals surface area contributed by atoms with Gasteiger partial charge in [-0.1, -0.05) is 48.5 Å². The van der Waals surface area contributed by atoms with Crippen LogP contribution in [0.25, 0.3) is 0 Å². The third-order valence-corrected chi connectivity index (χ3v) is 8.58. The molecule has 0 bridgehead atoms. The number of carboxylic acid groups (broad SMARTS) is 1. The van der Waals surface area contributed by atoms with E-state index in [2.05, 4.69) is 10.0 Å². The zero-order chi connectivity index (χ0) is 36.3. The Hall–Kier alpha value is -5.40. The monoisotopic (exact) mass is 702 g/mol. The summed E-state index contributed by atoms with van der Waals surface area (Å²) >= 11 is 0. The van der Waals surface area contributed by atoms with Gasteiger partial charge in [-0.15, -0.1) is 0 Å². The first-order valence-corrected chi connectivity index (χ1v) is 17.8. The average molecular weight is 703 g/mol. The minimum Gasteiger partial charge on any atom is -0.494 e. The standard InChI is InChI=1S/C37H42N4O8S/c1-25-32(19-12-28(35(25)41-50(2,46)47)23-26-7-4-3-5-8-26)40-24-27-10-13-30(14-11-27)49-31-17-15-29(16-18-31)48-22-6-9-33(42)37(39,36(44)45)21-20-34(38)43/h3-5,7-8,10-19,40-41H,6,9,20-24,39H2,1-2H3,(H2,38,43)(H,44,45)/t37-/m1/s1. The molecular formula is C37H42N4O8S. The highest BCUT2D eigenvalue weighted by Gasteiger charge is 2.41. The molecule has 0 radical (unpaired) electrons. The molecule has 0 unspecified atom stereocenters. The summed E-state index contributed by atoms with van der Waals surface area (Å²) in [4.78, 5) is 35.0. The van der Waals surface area contributed by atoms with Gasteiger partial charge in [0.05, 0.1) is 18.6 Å². The zero-order valence-corrected chi connectivity index (χ0v) is 28.8. The summed E-state index contributed by atoms with van der Waals surface area (Å²) in [5.41, 5.74) is 13.8. The molecule has 4 aromatic rings. The highest BCUT2D eigenvalue weighted by molar-refractivity contribution is 7.92. The van der Waals surface area contributed by atoms with Crippen LogP contribution in [0, 0.1) is 6.92 Å². The fourth-order valence-electron chi connectivity index (χ4n) is 5.19. The molecule has 12 nitrogen and oxygen atoms in total. The van der Waals surface area contributed by atoms with E-state index in [1.807, 2.05) is 73.7 Å². The summed E-state index contributed by atoms with van der Waals surface area (Å²) in [7, 11) is -3.49. The second-order valence-corrected chi connectivity index (χ2v) is 13.7. The van der Waals surface area contributed by atoms with Crippen LogP contribution in [-0.2, 0) is 37.4 Å². The van der Waals surface area contributed by atoms with Crippen LogP contribution in [0.2, 0.25) is 0 Å². The number of primary amides is 1. The Morgan fingerprint density at radius 3 is 2.06 bits per heavy atom. The van der Waals surface area contributed by atoms with Gasteiger partial charge in [-0.05, 0) is 90.9 Å². The number of nitrogens with one attached hydrogen (secondary N) is 2. The van der Waals surface area contributed by atoms with Crippen LogP contribution in [0.5, 0.6) is 17.2 Å². The summed E-state index contributed by atoms with van der Waals surface area (Å²) in [6.07, 6.45) is 1.17. The Bertz CT molecular complexity index is 1900. The lowest BCUT2D eigenvalue weighted by Crippen LogP contribution is -2.55. The second-order valence-electron chi connectivity index (χ2n) is 12.0. The van der Waals surface area contributed by atoms with Gasteiger partial charge in [0.25, 0.3) is 0 Å². The van der Waals surface area contributed by atoms with Crippen molar-refractivity contribution in [3.8, 4) is 17.2 Å². The number of aliphatic carboxylic acids is 1. The molecule has 13 heteroatoms. The molecule has 0 aliphatic carbocycles. The minimum absolute atomic E-state index is 0.129. The lowest BCUT2D eigenvalue weighted by Gasteiger charge is -2.22. The zero-order valence-electron chi connectivity index (χ0n) is 28.0. The van der Waals surface area contributed by atoms with Crippen molar-refractivity contribution < 1.29 is 37.4 Å². The quantitative estimate of drug-likeness (QED) is 0.0644. The van der Waals surface area contributed by atoms with Gasteiger partial charge in [-0.2, -0.15) is 0 Å². The van der Waals surface area contributed by atoms with Crippen molar-refractivity contribution in [3.63, 3.8) is 0 Å². The highest BCUT2D eigenvalue weighted by atomic mass is 32.2. The Balaban J connectivity index is 1.28. The molecular weight excluding hydrogens is 660 g/mol. The molecule has 0 saturated heterocycles. The second kappa shape index (κ2) is 16.8. The van der Waals surface area contributed by atoms with Crippen LogP contribution in [-0.4, -0.2) is 49.6 Å². The average Bonchev–Trinajstić information content (AvgIpc) is 3.08. The largest absolute Gasteiger partial charge is 0.494 e. The number of anilines is 2. The molecule has 0 aromatic heterocycles. The van der Waals surface area contributed by atoms with Crippen LogP contribution in [0.3, 0.4) is 0 Å². The van der Waals surface area contributed by atoms with Gasteiger partial charge in [0.15, 0.2) is 11.3 Å². The number of rotatable bonds is 19. The smallest absolute Gasteiger partial charge is 0.331 e. The summed E-state index contributed by atoms with van der Waals surface area (Å²) in [6, 6.07) is 28.3. The molecule has 0 aliphatic rings. The molecule has 1 amide bonds. The van der Waals surface area contributed by atoms with Gasteiger partial charge in [0.2, 0.25) is 15.9 Å². The van der Waals surface area contributed by atoms with E-state index in [-0.39, 0.29) is 32.3 Å². The van der Waals surface area contributed by atoms with E-state index in [1.54, 1.807) is 24.3 Å². The molecule has 50 heavy (non-hydrogen) atoms. The van der Waals surface area contributed by atoms with Crippen LogP contribution in [0.15, 0.2) is 91.0 Å². The number of benzene rings is 4. The van der Waals surface area contributed by atoms with Gasteiger partial charge >= 0.3 is 5.97 Å². The third-order valence-electron chi connectivity index (χ3n) is 8.00. The number of carbonyl (C=O) groups is 3. The molecule has 264 valence electrons. The molecule has 0 fully saturated rings. The van der Waals surface area contributed by atoms with Crippen LogP contribution in [0.4, 0.5) is 11.4 Å². The number of carbonyl (C=O) groups excluding carboxylic acids is 2. The maximum absolute atomic E-state index is 12.4. The van der Waals surface area contributed by atoms with Crippen molar-refractivity contribution in [1.29, 1.82) is 0 Å². The van der Waals surface area contributed by atoms with Crippen LogP contribution in [0.1, 0.15) is 47.9 Å². The summed E-state index contributed by atoms with van der Waals surface area (Å²) in [6.45, 7) is 2.55. The van der Waals surface area contributed by atoms with Crippen molar-refractivity contribution in [1.82, 2.24) is 0 Å². The number of Topliss-reactive ketones (excluding diaryl/α,β-unsaturated/α-hetero) is 1. The van der Waals surface area contributed by atoms with E-state index >= 15 is 0 Å². The molecule has 0 aliphatic heterocycles. The molecule has 0 heterocycles. The Morgan fingerprint density at radius 1 is 0.840 bits per heavy atom. The fraction of sp³-hybridized carbons (Fsp3) is 0.270. The number of ether oxygens (including phenoxy) is 2.